The quantitative estimate of drug-likeness (QED) is 0.861. The fourth-order valence-corrected chi connectivity index (χ4v) is 3.44. The van der Waals surface area contributed by atoms with Crippen LogP contribution < -0.4 is 10.6 Å². The average molecular weight is 335 g/mol. The van der Waals surface area contributed by atoms with E-state index in [1.165, 1.54) is 16.8 Å². The van der Waals surface area contributed by atoms with Gasteiger partial charge in [-0.2, -0.15) is 13.2 Å². The Bertz CT molecular complexity index is 497. The first-order valence-electron chi connectivity index (χ1n) is 7.69. The van der Waals surface area contributed by atoms with Crippen LogP contribution >= 0.6 is 12.4 Å². The molecule has 1 aliphatic heterocycles. The fourth-order valence-electron chi connectivity index (χ4n) is 3.44. The van der Waals surface area contributed by atoms with E-state index in [4.69, 9.17) is 0 Å². The van der Waals surface area contributed by atoms with Crippen LogP contribution in [0, 0.1) is 5.92 Å². The molecule has 0 aromatic heterocycles. The number of benzene rings is 1. The molecule has 2 N–H and O–H groups in total. The minimum Gasteiger partial charge on any atom is -0.384 e. The number of anilines is 1. The maximum absolute atomic E-state index is 12.6. The third kappa shape index (κ3) is 3.87. The van der Waals surface area contributed by atoms with Crippen LogP contribution in [0.5, 0.6) is 0 Å². The number of halogens is 4. The summed E-state index contributed by atoms with van der Waals surface area (Å²) in [6.45, 7) is 1.71. The molecule has 0 radical (unpaired) electrons. The van der Waals surface area contributed by atoms with Gasteiger partial charge in [-0.3, -0.25) is 0 Å². The van der Waals surface area contributed by atoms with Crippen molar-refractivity contribution in [3.63, 3.8) is 0 Å². The smallest absolute Gasteiger partial charge is 0.384 e. The molecule has 1 aromatic rings. The number of alkyl halides is 3. The average Bonchev–Trinajstić information content (AvgIpc) is 2.93. The van der Waals surface area contributed by atoms with Crippen LogP contribution in [0.15, 0.2) is 18.2 Å². The second-order valence-electron chi connectivity index (χ2n) is 6.10. The lowest BCUT2D eigenvalue weighted by molar-refractivity contribution is -0.182. The Morgan fingerprint density at radius 1 is 1.14 bits per heavy atom. The Labute approximate surface area is 135 Å². The van der Waals surface area contributed by atoms with Gasteiger partial charge in [-0.15, -0.1) is 12.4 Å². The summed E-state index contributed by atoms with van der Waals surface area (Å²) >= 11 is 0. The van der Waals surface area contributed by atoms with E-state index >= 15 is 0 Å². The predicted octanol–water partition coefficient (Wildman–Crippen LogP) is 4.29. The van der Waals surface area contributed by atoms with Crippen LogP contribution in [-0.2, 0) is 13.0 Å². The Kier molecular flexibility index (Phi) is 5.61. The summed E-state index contributed by atoms with van der Waals surface area (Å²) in [5, 5.41) is 6.83. The first-order chi connectivity index (χ1) is 10.0. The van der Waals surface area contributed by atoms with Crippen LogP contribution in [-0.4, -0.2) is 18.8 Å². The van der Waals surface area contributed by atoms with Crippen molar-refractivity contribution in [1.82, 2.24) is 5.32 Å². The van der Waals surface area contributed by atoms with Gasteiger partial charge < -0.3 is 10.6 Å². The number of rotatable bonds is 3. The molecular weight excluding hydrogens is 313 g/mol. The molecular formula is C16H22ClF3N2. The zero-order valence-electron chi connectivity index (χ0n) is 12.4. The molecule has 0 saturated heterocycles. The molecule has 0 bridgehead atoms. The summed E-state index contributed by atoms with van der Waals surface area (Å²) in [6, 6.07) is 6.49. The molecule has 3 rings (SSSR count). The molecule has 1 aromatic carbocycles. The van der Waals surface area contributed by atoms with E-state index in [0.29, 0.717) is 12.8 Å². The van der Waals surface area contributed by atoms with Crippen molar-refractivity contribution in [3.8, 4) is 0 Å². The first-order valence-corrected chi connectivity index (χ1v) is 7.69. The standard InChI is InChI=1S/C16H21F3N2.ClH/c17-16(18,19)13-4-6-14(7-5-13)21-10-12-3-1-2-11-8-9-20-15(11)12;/h1-3,13-14,20-21H,4-10H2;1H. The highest BCUT2D eigenvalue weighted by Gasteiger charge is 2.41. The van der Waals surface area contributed by atoms with Gasteiger partial charge in [0.1, 0.15) is 0 Å². The van der Waals surface area contributed by atoms with E-state index < -0.39 is 12.1 Å². The predicted molar refractivity (Wildman–Crippen MR) is 84.5 cm³/mol. The number of hydrogen-bond acceptors (Lipinski definition) is 2. The van der Waals surface area contributed by atoms with Gasteiger partial charge in [-0.05, 0) is 43.2 Å². The van der Waals surface area contributed by atoms with Crippen molar-refractivity contribution in [2.45, 2.75) is 50.9 Å². The largest absolute Gasteiger partial charge is 0.391 e. The molecule has 0 amide bonds. The van der Waals surface area contributed by atoms with Crippen LogP contribution in [0.2, 0.25) is 0 Å². The van der Waals surface area contributed by atoms with Crippen LogP contribution in [0.25, 0.3) is 0 Å². The Morgan fingerprint density at radius 2 is 1.86 bits per heavy atom. The Morgan fingerprint density at radius 3 is 2.55 bits per heavy atom. The summed E-state index contributed by atoms with van der Waals surface area (Å²) in [7, 11) is 0. The molecule has 2 aliphatic rings. The lowest BCUT2D eigenvalue weighted by Gasteiger charge is -2.30. The van der Waals surface area contributed by atoms with Crippen molar-refractivity contribution in [2.24, 2.45) is 5.92 Å². The lowest BCUT2D eigenvalue weighted by Crippen LogP contribution is -2.36. The van der Waals surface area contributed by atoms with Crippen molar-refractivity contribution in [2.75, 3.05) is 11.9 Å². The maximum Gasteiger partial charge on any atom is 0.391 e. The zero-order valence-corrected chi connectivity index (χ0v) is 13.2. The fraction of sp³-hybridized carbons (Fsp3) is 0.625. The number of para-hydroxylation sites is 1. The minimum absolute atomic E-state index is 0. The van der Waals surface area contributed by atoms with Gasteiger partial charge in [-0.25, -0.2) is 0 Å². The van der Waals surface area contributed by atoms with Crippen molar-refractivity contribution < 1.29 is 13.2 Å². The maximum atomic E-state index is 12.6. The van der Waals surface area contributed by atoms with Gasteiger partial charge in [0, 0.05) is 24.8 Å². The molecule has 1 fully saturated rings. The summed E-state index contributed by atoms with van der Waals surface area (Å²) in [6.07, 6.45) is -1.22. The van der Waals surface area contributed by atoms with Gasteiger partial charge in [0.25, 0.3) is 0 Å². The van der Waals surface area contributed by atoms with Crippen LogP contribution in [0.3, 0.4) is 0 Å². The second kappa shape index (κ2) is 7.09. The highest BCUT2D eigenvalue weighted by Crippen LogP contribution is 2.37. The van der Waals surface area contributed by atoms with E-state index in [9.17, 15) is 13.2 Å². The molecule has 0 spiro atoms. The molecule has 1 aliphatic carbocycles. The molecule has 1 saturated carbocycles. The molecule has 1 heterocycles. The van der Waals surface area contributed by atoms with Gasteiger partial charge >= 0.3 is 6.18 Å². The summed E-state index contributed by atoms with van der Waals surface area (Å²) in [5.41, 5.74) is 3.78. The Hall–Kier alpha value is -0.940. The second-order valence-corrected chi connectivity index (χ2v) is 6.10. The van der Waals surface area contributed by atoms with Gasteiger partial charge in [0.05, 0.1) is 5.92 Å². The summed E-state index contributed by atoms with van der Waals surface area (Å²) in [4.78, 5) is 0. The molecule has 6 heteroatoms. The molecule has 124 valence electrons. The Balaban J connectivity index is 0.00000176. The van der Waals surface area contributed by atoms with E-state index in [-0.39, 0.29) is 31.3 Å². The van der Waals surface area contributed by atoms with Crippen LogP contribution in [0.4, 0.5) is 18.9 Å². The highest BCUT2D eigenvalue weighted by molar-refractivity contribution is 5.85. The monoisotopic (exact) mass is 334 g/mol. The van der Waals surface area contributed by atoms with E-state index in [1.54, 1.807) is 0 Å². The third-order valence-corrected chi connectivity index (χ3v) is 4.70. The number of fused-ring (bicyclic) bond motifs is 1. The minimum atomic E-state index is -4.02. The van der Waals surface area contributed by atoms with Crippen molar-refractivity contribution in [1.29, 1.82) is 0 Å². The van der Waals surface area contributed by atoms with Crippen LogP contribution in [0.1, 0.15) is 36.8 Å². The number of nitrogens with one attached hydrogen (secondary N) is 2. The van der Waals surface area contributed by atoms with Crippen molar-refractivity contribution >= 4 is 18.1 Å². The van der Waals surface area contributed by atoms with Gasteiger partial charge in [0.15, 0.2) is 0 Å². The summed E-state index contributed by atoms with van der Waals surface area (Å²) in [5.74, 6) is -1.10. The molecule has 22 heavy (non-hydrogen) atoms. The first kappa shape index (κ1) is 17.4. The molecule has 0 unspecified atom stereocenters. The third-order valence-electron chi connectivity index (χ3n) is 4.70. The lowest BCUT2D eigenvalue weighted by atomic mass is 9.85. The normalized spacial score (nSPS) is 24.3. The van der Waals surface area contributed by atoms with E-state index in [1.807, 2.05) is 0 Å². The van der Waals surface area contributed by atoms with Gasteiger partial charge in [0.2, 0.25) is 0 Å². The van der Waals surface area contributed by atoms with E-state index in [0.717, 1.165) is 19.5 Å². The molecule has 0 atom stereocenters. The number of hydrogen-bond donors (Lipinski definition) is 2. The van der Waals surface area contributed by atoms with Crippen molar-refractivity contribution in [3.05, 3.63) is 29.3 Å². The summed E-state index contributed by atoms with van der Waals surface area (Å²) < 4.78 is 37.9. The SMILES string of the molecule is Cl.FC(F)(F)C1CCC(NCc2cccc3c2NCC3)CC1. The van der Waals surface area contributed by atoms with Gasteiger partial charge in [-0.1, -0.05) is 18.2 Å². The van der Waals surface area contributed by atoms with E-state index in [2.05, 4.69) is 28.8 Å². The highest BCUT2D eigenvalue weighted by atomic mass is 35.5. The topological polar surface area (TPSA) is 24.1 Å². The molecule has 2 nitrogen and oxygen atoms in total. The zero-order chi connectivity index (χ0) is 14.9.